The molecule has 8 heteroatoms. The van der Waals surface area contributed by atoms with Gasteiger partial charge < -0.3 is 18.2 Å². The van der Waals surface area contributed by atoms with E-state index in [1.807, 2.05) is 13.0 Å². The maximum atomic E-state index is 5.65. The molecule has 0 aliphatic carbocycles. The number of furan rings is 1. The smallest absolute Gasteiger partial charge is 0.241 e. The fraction of sp³-hybridized carbons (Fsp3) is 0.471. The number of aromatic nitrogens is 3. The zero-order valence-corrected chi connectivity index (χ0v) is 14.2. The minimum absolute atomic E-state index is 0.137. The molecule has 1 aliphatic heterocycles. The summed E-state index contributed by atoms with van der Waals surface area (Å²) in [6.45, 7) is 4.19. The summed E-state index contributed by atoms with van der Waals surface area (Å²) in [6, 6.07) is 5.58. The Kier molecular flexibility index (Phi) is 4.37. The highest BCUT2D eigenvalue weighted by Gasteiger charge is 2.34. The standard InChI is InChI=1S/C17H20N4O4/c1-11-6-13(24-19-11)7-12-8-21(9-15(12)22-2)10-16-18-17(20-25-16)14-4-3-5-23-14/h3-6,12,15H,7-10H2,1-2H3/t12-,15+/m1/s1. The van der Waals surface area contributed by atoms with Crippen LogP contribution in [0.2, 0.25) is 0 Å². The topological polar surface area (TPSA) is 90.6 Å². The van der Waals surface area contributed by atoms with Crippen LogP contribution in [0, 0.1) is 12.8 Å². The van der Waals surface area contributed by atoms with E-state index in [2.05, 4.69) is 20.2 Å². The Morgan fingerprint density at radius 2 is 2.20 bits per heavy atom. The minimum Gasteiger partial charge on any atom is -0.461 e. The number of nitrogens with zero attached hydrogens (tertiary/aromatic N) is 4. The molecule has 1 saturated heterocycles. The van der Waals surface area contributed by atoms with Crippen LogP contribution < -0.4 is 0 Å². The molecule has 3 aromatic rings. The van der Waals surface area contributed by atoms with Crippen molar-refractivity contribution in [1.29, 1.82) is 0 Å². The van der Waals surface area contributed by atoms with E-state index in [1.54, 1.807) is 25.5 Å². The van der Waals surface area contributed by atoms with Crippen molar-refractivity contribution in [2.45, 2.75) is 26.0 Å². The highest BCUT2D eigenvalue weighted by molar-refractivity contribution is 5.44. The first-order valence-corrected chi connectivity index (χ1v) is 8.25. The van der Waals surface area contributed by atoms with Crippen LogP contribution in [0.3, 0.4) is 0 Å². The molecule has 0 saturated carbocycles. The summed E-state index contributed by atoms with van der Waals surface area (Å²) in [6.07, 6.45) is 2.53. The summed E-state index contributed by atoms with van der Waals surface area (Å²) in [4.78, 5) is 6.65. The largest absolute Gasteiger partial charge is 0.461 e. The normalized spacial score (nSPS) is 21.2. The number of hydrogen-bond donors (Lipinski definition) is 0. The van der Waals surface area contributed by atoms with Gasteiger partial charge in [-0.25, -0.2) is 0 Å². The summed E-state index contributed by atoms with van der Waals surface area (Å²) in [5.41, 5.74) is 0.898. The van der Waals surface area contributed by atoms with Gasteiger partial charge in [0.25, 0.3) is 0 Å². The first-order chi connectivity index (χ1) is 12.2. The number of ether oxygens (including phenoxy) is 1. The third kappa shape index (κ3) is 3.49. The van der Waals surface area contributed by atoms with Crippen molar-refractivity contribution in [3.05, 3.63) is 41.8 Å². The van der Waals surface area contributed by atoms with Gasteiger partial charge in [-0.3, -0.25) is 4.90 Å². The summed E-state index contributed by atoms with van der Waals surface area (Å²) in [7, 11) is 1.74. The van der Waals surface area contributed by atoms with E-state index in [9.17, 15) is 0 Å². The summed E-state index contributed by atoms with van der Waals surface area (Å²) in [5.74, 6) is 2.87. The van der Waals surface area contributed by atoms with E-state index in [0.717, 1.165) is 31.0 Å². The molecule has 0 bridgehead atoms. The van der Waals surface area contributed by atoms with Gasteiger partial charge in [0, 0.05) is 38.6 Å². The minimum atomic E-state index is 0.137. The van der Waals surface area contributed by atoms with Gasteiger partial charge in [0.15, 0.2) is 5.76 Å². The van der Waals surface area contributed by atoms with Crippen molar-refractivity contribution in [3.63, 3.8) is 0 Å². The lowest BCUT2D eigenvalue weighted by Gasteiger charge is -2.14. The number of rotatable bonds is 6. The fourth-order valence-corrected chi connectivity index (χ4v) is 3.31. The maximum Gasteiger partial charge on any atom is 0.241 e. The van der Waals surface area contributed by atoms with Crippen LogP contribution in [0.4, 0.5) is 0 Å². The van der Waals surface area contributed by atoms with Gasteiger partial charge in [-0.15, -0.1) is 0 Å². The molecule has 1 aliphatic rings. The second kappa shape index (κ2) is 6.81. The van der Waals surface area contributed by atoms with Gasteiger partial charge in [0.1, 0.15) is 5.76 Å². The highest BCUT2D eigenvalue weighted by atomic mass is 16.5. The van der Waals surface area contributed by atoms with Crippen molar-refractivity contribution in [2.24, 2.45) is 5.92 Å². The van der Waals surface area contributed by atoms with Crippen molar-refractivity contribution in [1.82, 2.24) is 20.2 Å². The molecule has 2 atom stereocenters. The van der Waals surface area contributed by atoms with Gasteiger partial charge in [-0.2, -0.15) is 4.98 Å². The molecule has 0 radical (unpaired) electrons. The molecule has 132 valence electrons. The first-order valence-electron chi connectivity index (χ1n) is 8.25. The van der Waals surface area contributed by atoms with E-state index >= 15 is 0 Å². The Hall–Kier alpha value is -2.45. The van der Waals surface area contributed by atoms with Gasteiger partial charge in [-0.1, -0.05) is 10.3 Å². The number of hydrogen-bond acceptors (Lipinski definition) is 8. The van der Waals surface area contributed by atoms with Crippen LogP contribution in [0.15, 0.2) is 37.9 Å². The molecule has 0 amide bonds. The van der Waals surface area contributed by atoms with E-state index in [1.165, 1.54) is 0 Å². The molecule has 0 spiro atoms. The van der Waals surface area contributed by atoms with Crippen LogP contribution in [0.1, 0.15) is 17.3 Å². The van der Waals surface area contributed by atoms with Crippen LogP contribution >= 0.6 is 0 Å². The molecular weight excluding hydrogens is 324 g/mol. The van der Waals surface area contributed by atoms with Crippen LogP contribution in [-0.2, 0) is 17.7 Å². The maximum absolute atomic E-state index is 5.65. The van der Waals surface area contributed by atoms with Crippen molar-refractivity contribution in [3.8, 4) is 11.6 Å². The van der Waals surface area contributed by atoms with Crippen molar-refractivity contribution in [2.75, 3.05) is 20.2 Å². The fourth-order valence-electron chi connectivity index (χ4n) is 3.31. The lowest BCUT2D eigenvalue weighted by Crippen LogP contribution is -2.23. The molecule has 8 nitrogen and oxygen atoms in total. The Labute approximate surface area is 144 Å². The molecule has 25 heavy (non-hydrogen) atoms. The van der Waals surface area contributed by atoms with Crippen molar-refractivity contribution >= 4 is 0 Å². The quantitative estimate of drug-likeness (QED) is 0.673. The first kappa shape index (κ1) is 16.0. The van der Waals surface area contributed by atoms with Crippen LogP contribution in [-0.4, -0.2) is 46.5 Å². The lowest BCUT2D eigenvalue weighted by molar-refractivity contribution is 0.0756. The van der Waals surface area contributed by atoms with E-state index < -0.39 is 0 Å². The molecular formula is C17H20N4O4. The van der Waals surface area contributed by atoms with Gasteiger partial charge >= 0.3 is 0 Å². The number of likely N-dealkylation sites (tertiary alicyclic amines) is 1. The molecule has 4 rings (SSSR count). The summed E-state index contributed by atoms with van der Waals surface area (Å²) < 4.78 is 21.6. The third-order valence-electron chi connectivity index (χ3n) is 4.47. The lowest BCUT2D eigenvalue weighted by atomic mass is 10.0. The van der Waals surface area contributed by atoms with Gasteiger partial charge in [0.2, 0.25) is 11.7 Å². The van der Waals surface area contributed by atoms with Gasteiger partial charge in [-0.05, 0) is 19.1 Å². The van der Waals surface area contributed by atoms with Gasteiger partial charge in [0.05, 0.1) is 24.6 Å². The molecule has 0 unspecified atom stereocenters. The second-order valence-corrected chi connectivity index (χ2v) is 6.36. The second-order valence-electron chi connectivity index (χ2n) is 6.36. The average molecular weight is 344 g/mol. The van der Waals surface area contributed by atoms with E-state index in [-0.39, 0.29) is 6.10 Å². The zero-order valence-electron chi connectivity index (χ0n) is 14.2. The number of methoxy groups -OCH3 is 1. The average Bonchev–Trinajstić information content (AvgIpc) is 3.36. The molecule has 4 heterocycles. The summed E-state index contributed by atoms with van der Waals surface area (Å²) in [5, 5.41) is 7.92. The van der Waals surface area contributed by atoms with E-state index in [0.29, 0.717) is 29.9 Å². The Morgan fingerprint density at radius 3 is 2.92 bits per heavy atom. The highest BCUT2D eigenvalue weighted by Crippen LogP contribution is 2.25. The Balaban J connectivity index is 1.40. The Bertz CT molecular complexity index is 810. The molecule has 0 N–H and O–H groups in total. The predicted molar refractivity (Wildman–Crippen MR) is 86.5 cm³/mol. The Morgan fingerprint density at radius 1 is 1.28 bits per heavy atom. The van der Waals surface area contributed by atoms with E-state index in [4.69, 9.17) is 18.2 Å². The van der Waals surface area contributed by atoms with Crippen LogP contribution in [0.5, 0.6) is 0 Å². The number of aryl methyl sites for hydroxylation is 1. The molecule has 3 aromatic heterocycles. The zero-order chi connectivity index (χ0) is 17.2. The monoisotopic (exact) mass is 344 g/mol. The molecule has 1 fully saturated rings. The predicted octanol–water partition coefficient (Wildman–Crippen LogP) is 2.32. The summed E-state index contributed by atoms with van der Waals surface area (Å²) >= 11 is 0. The van der Waals surface area contributed by atoms with Crippen LogP contribution in [0.25, 0.3) is 11.6 Å². The molecule has 0 aromatic carbocycles. The van der Waals surface area contributed by atoms with Crippen molar-refractivity contribution < 1.29 is 18.2 Å². The third-order valence-corrected chi connectivity index (χ3v) is 4.47. The SMILES string of the molecule is CO[C@H]1CN(Cc2nc(-c3ccco3)no2)C[C@H]1Cc1cc(C)no1.